The van der Waals surface area contributed by atoms with Gasteiger partial charge in [0.1, 0.15) is 17.3 Å². The van der Waals surface area contributed by atoms with Gasteiger partial charge in [0, 0.05) is 28.2 Å². The molecule has 0 spiro atoms. The predicted molar refractivity (Wildman–Crippen MR) is 225 cm³/mol. The van der Waals surface area contributed by atoms with Crippen LogP contribution in [-0.4, -0.2) is 16.9 Å². The van der Waals surface area contributed by atoms with Gasteiger partial charge in [0.15, 0.2) is 0 Å². The number of hydrogen-bond donors (Lipinski definition) is 3. The van der Waals surface area contributed by atoms with Gasteiger partial charge in [-0.05, 0) is 72.4 Å². The van der Waals surface area contributed by atoms with Gasteiger partial charge in [-0.1, -0.05) is 151 Å². The van der Waals surface area contributed by atoms with Gasteiger partial charge < -0.3 is 15.8 Å². The highest BCUT2D eigenvalue weighted by Gasteiger charge is 2.39. The van der Waals surface area contributed by atoms with E-state index in [-0.39, 0.29) is 23.3 Å². The monoisotopic (exact) mass is 724 g/mol. The van der Waals surface area contributed by atoms with Crippen LogP contribution in [0.5, 0.6) is 5.75 Å². The molecule has 0 saturated heterocycles. The summed E-state index contributed by atoms with van der Waals surface area (Å²) in [6.07, 6.45) is 23.7. The molecule has 6 heteroatoms. The number of nitrogens with two attached hydrogens (primary N) is 1. The van der Waals surface area contributed by atoms with E-state index in [0.29, 0.717) is 11.0 Å². The first kappa shape index (κ1) is 34.3. The van der Waals surface area contributed by atoms with Gasteiger partial charge >= 0.3 is 0 Å². The van der Waals surface area contributed by atoms with Gasteiger partial charge in [0.05, 0.1) is 28.1 Å². The molecule has 4 N–H and O–H groups in total. The van der Waals surface area contributed by atoms with Crippen molar-refractivity contribution >= 4 is 33.9 Å². The Morgan fingerprint density at radius 2 is 1.63 bits per heavy atom. The molecule has 0 radical (unpaired) electrons. The summed E-state index contributed by atoms with van der Waals surface area (Å²) in [5.41, 5.74) is 16.5. The number of fused-ring (bicyclic) bond motifs is 3. The van der Waals surface area contributed by atoms with Gasteiger partial charge in [0.25, 0.3) is 0 Å². The van der Waals surface area contributed by atoms with Crippen molar-refractivity contribution in [3.8, 4) is 5.75 Å². The van der Waals surface area contributed by atoms with Crippen LogP contribution in [0.1, 0.15) is 82.7 Å². The number of thioether (sulfide) groups is 1. The minimum absolute atomic E-state index is 0.114. The lowest BCUT2D eigenvalue weighted by molar-refractivity contribution is 0.410. The fourth-order valence-corrected chi connectivity index (χ4v) is 9.12. The summed E-state index contributed by atoms with van der Waals surface area (Å²) < 4.78 is 6.57. The molecule has 9 rings (SSSR count). The molecule has 5 aliphatic rings. The van der Waals surface area contributed by atoms with Crippen LogP contribution in [0.2, 0.25) is 0 Å². The highest BCUT2D eigenvalue weighted by atomic mass is 32.2. The molecule has 5 nitrogen and oxygen atoms in total. The van der Waals surface area contributed by atoms with E-state index in [4.69, 9.17) is 20.9 Å². The number of aliphatic imine (C=N–C) groups is 1. The number of nitrogens with zero attached hydrogens (tertiary/aromatic N) is 1. The normalized spacial score (nSPS) is 23.3. The lowest BCUT2D eigenvalue weighted by atomic mass is 9.76. The van der Waals surface area contributed by atoms with Crippen LogP contribution in [0.25, 0.3) is 11.3 Å². The fraction of sp³-hybridized carbons (Fsp3) is 0.208. The summed E-state index contributed by atoms with van der Waals surface area (Å²) >= 11 is 1.37. The summed E-state index contributed by atoms with van der Waals surface area (Å²) in [6, 6.07) is 36.0. The highest BCUT2D eigenvalue weighted by Crippen LogP contribution is 2.53. The maximum atomic E-state index is 8.98. The first-order chi connectivity index (χ1) is 26.6. The molecule has 268 valence electrons. The van der Waals surface area contributed by atoms with Crippen molar-refractivity contribution in [2.45, 2.75) is 55.4 Å². The van der Waals surface area contributed by atoms with Crippen LogP contribution >= 0.6 is 11.8 Å². The molecule has 0 bridgehead atoms. The van der Waals surface area contributed by atoms with E-state index < -0.39 is 0 Å². The SMILES string of the molecule is N=C(SC(N)c1ccc(C2=CC(C3CC=CCC3)NC(C3=CCCC=C3)=N2)cc1)c1ccc(C2=C3Oc4ccccc4C3C(c3ccccc3)C=C2)cc1. The molecular formula is C48H44N4OS. The fourth-order valence-electron chi connectivity index (χ4n) is 8.31. The molecule has 0 saturated carbocycles. The average molecular weight is 725 g/mol. The summed E-state index contributed by atoms with van der Waals surface area (Å²) in [6.45, 7) is 0. The Bertz CT molecular complexity index is 2280. The van der Waals surface area contributed by atoms with Crippen molar-refractivity contribution in [1.29, 1.82) is 5.41 Å². The minimum atomic E-state index is -0.376. The maximum absolute atomic E-state index is 8.98. The zero-order valence-electron chi connectivity index (χ0n) is 30.2. The molecule has 0 aromatic heterocycles. The van der Waals surface area contributed by atoms with Crippen LogP contribution in [0, 0.1) is 11.3 Å². The van der Waals surface area contributed by atoms with Gasteiger partial charge in [-0.2, -0.15) is 0 Å². The van der Waals surface area contributed by atoms with Crippen molar-refractivity contribution in [2.24, 2.45) is 16.6 Å². The zero-order valence-corrected chi connectivity index (χ0v) is 31.0. The molecule has 5 unspecified atom stereocenters. The number of rotatable bonds is 8. The number of benzene rings is 4. The molecule has 54 heavy (non-hydrogen) atoms. The zero-order chi connectivity index (χ0) is 36.4. The van der Waals surface area contributed by atoms with Gasteiger partial charge in [0.2, 0.25) is 0 Å². The summed E-state index contributed by atoms with van der Waals surface area (Å²) in [4.78, 5) is 5.11. The third-order valence-electron chi connectivity index (χ3n) is 11.2. The standard InChI is InChI=1S/C48H44N4OS/c49-46(35-24-20-32(21-25-35)39-29-28-38(31-12-4-1-5-13-31)44-40-18-10-11-19-43(40)53-45(39)44)54-47(50)36-26-22-34(23-27-36)42-30-41(33-14-6-2-7-15-33)51-48(52-42)37-16-8-3-9-17-37/h1-2,4-6,8,10-13,16-30,33,38,41,44,47,49H,3,7,9,14-15,50H2,(H,51,52). The largest absolute Gasteiger partial charge is 0.460 e. The van der Waals surface area contributed by atoms with E-state index in [1.54, 1.807) is 0 Å². The van der Waals surface area contributed by atoms with Crippen molar-refractivity contribution in [2.75, 3.05) is 0 Å². The molecule has 3 aliphatic carbocycles. The van der Waals surface area contributed by atoms with Crippen LogP contribution in [0.4, 0.5) is 0 Å². The van der Waals surface area contributed by atoms with E-state index in [0.717, 1.165) is 76.6 Å². The van der Waals surface area contributed by atoms with Crippen molar-refractivity contribution in [1.82, 2.24) is 5.32 Å². The summed E-state index contributed by atoms with van der Waals surface area (Å²) in [5, 5.41) is 12.8. The number of hydrogen-bond acceptors (Lipinski definition) is 6. The summed E-state index contributed by atoms with van der Waals surface area (Å²) in [7, 11) is 0. The molecule has 4 aromatic carbocycles. The minimum Gasteiger partial charge on any atom is -0.460 e. The quantitative estimate of drug-likeness (QED) is 0.0731. The van der Waals surface area contributed by atoms with E-state index in [2.05, 4.69) is 139 Å². The number of ether oxygens (including phenoxy) is 1. The Morgan fingerprint density at radius 1 is 0.833 bits per heavy atom. The molecule has 0 fully saturated rings. The van der Waals surface area contributed by atoms with Gasteiger partial charge in [-0.3, -0.25) is 5.41 Å². The van der Waals surface area contributed by atoms with Gasteiger partial charge in [-0.15, -0.1) is 0 Å². The molecule has 5 atom stereocenters. The first-order valence-electron chi connectivity index (χ1n) is 19.1. The molecule has 4 aromatic rings. The Kier molecular flexibility index (Phi) is 9.62. The molecule has 2 heterocycles. The van der Waals surface area contributed by atoms with E-state index >= 15 is 0 Å². The van der Waals surface area contributed by atoms with Crippen LogP contribution < -0.4 is 15.8 Å². The van der Waals surface area contributed by atoms with Gasteiger partial charge in [-0.25, -0.2) is 4.99 Å². The van der Waals surface area contributed by atoms with E-state index in [1.807, 2.05) is 18.2 Å². The Labute approximate surface area is 322 Å². The second-order valence-corrected chi connectivity index (χ2v) is 15.8. The van der Waals surface area contributed by atoms with E-state index in [9.17, 15) is 0 Å². The third-order valence-corrected chi connectivity index (χ3v) is 12.2. The smallest absolute Gasteiger partial charge is 0.134 e. The van der Waals surface area contributed by atoms with Crippen LogP contribution in [-0.2, 0) is 0 Å². The average Bonchev–Trinajstić information content (AvgIpc) is 3.64. The summed E-state index contributed by atoms with van der Waals surface area (Å²) in [5.74, 6) is 3.74. The second-order valence-electron chi connectivity index (χ2n) is 14.6. The maximum Gasteiger partial charge on any atom is 0.134 e. The second kappa shape index (κ2) is 15.1. The predicted octanol–water partition coefficient (Wildman–Crippen LogP) is 11.0. The third kappa shape index (κ3) is 6.88. The Morgan fingerprint density at radius 3 is 2.41 bits per heavy atom. The molecule has 0 amide bonds. The van der Waals surface area contributed by atoms with Crippen LogP contribution in [0.15, 0.2) is 168 Å². The highest BCUT2D eigenvalue weighted by molar-refractivity contribution is 8.14. The molecular weight excluding hydrogens is 681 g/mol. The Hall–Kier alpha value is -5.43. The number of allylic oxidation sites excluding steroid dienone is 8. The van der Waals surface area contributed by atoms with Crippen molar-refractivity contribution in [3.63, 3.8) is 0 Å². The van der Waals surface area contributed by atoms with Crippen molar-refractivity contribution in [3.05, 3.63) is 196 Å². The topological polar surface area (TPSA) is 83.5 Å². The van der Waals surface area contributed by atoms with Crippen molar-refractivity contribution < 1.29 is 4.74 Å². The number of nitrogens with one attached hydrogen (secondary N) is 2. The van der Waals surface area contributed by atoms with E-state index in [1.165, 1.54) is 34.9 Å². The molecule has 2 aliphatic heterocycles. The lowest BCUT2D eigenvalue weighted by Crippen LogP contribution is -2.42. The lowest BCUT2D eigenvalue weighted by Gasteiger charge is -2.32. The Balaban J connectivity index is 0.904. The number of amidine groups is 1. The van der Waals surface area contributed by atoms with Crippen LogP contribution in [0.3, 0.4) is 0 Å². The number of para-hydroxylation sites is 1. The first-order valence-corrected chi connectivity index (χ1v) is 20.0.